The molecule has 2 saturated heterocycles. The largest absolute Gasteiger partial charge is 0.342 e. The second-order valence-electron chi connectivity index (χ2n) is 8.74. The van der Waals surface area contributed by atoms with Crippen LogP contribution in [0.4, 0.5) is 0 Å². The summed E-state index contributed by atoms with van der Waals surface area (Å²) in [6.45, 7) is 7.33. The van der Waals surface area contributed by atoms with Crippen molar-refractivity contribution in [1.82, 2.24) is 14.8 Å². The highest BCUT2D eigenvalue weighted by Gasteiger charge is 2.32. The molecular weight excluding hydrogens is 426 g/mol. The van der Waals surface area contributed by atoms with Crippen LogP contribution in [0, 0.1) is 18.8 Å². The SMILES string of the molecule is Cc1nc(CSc2ccccc2C(=O)N2CCC(C(=O)N3CCCC(C)C3)CC2)cs1. The van der Waals surface area contributed by atoms with Gasteiger partial charge < -0.3 is 9.80 Å². The van der Waals surface area contributed by atoms with Gasteiger partial charge >= 0.3 is 0 Å². The first-order valence-corrected chi connectivity index (χ1v) is 13.1. The Morgan fingerprint density at radius 3 is 2.61 bits per heavy atom. The van der Waals surface area contributed by atoms with Gasteiger partial charge in [-0.15, -0.1) is 23.1 Å². The molecule has 4 rings (SSSR count). The quantitative estimate of drug-likeness (QED) is 0.602. The third-order valence-electron chi connectivity index (χ3n) is 6.26. The van der Waals surface area contributed by atoms with Crippen molar-refractivity contribution in [3.63, 3.8) is 0 Å². The number of hydrogen-bond donors (Lipinski definition) is 0. The summed E-state index contributed by atoms with van der Waals surface area (Å²) in [5.74, 6) is 1.80. The fourth-order valence-corrected chi connectivity index (χ4v) is 6.20. The topological polar surface area (TPSA) is 53.5 Å². The van der Waals surface area contributed by atoms with Crippen molar-refractivity contribution in [3.8, 4) is 0 Å². The first kappa shape index (κ1) is 22.3. The van der Waals surface area contributed by atoms with Crippen molar-refractivity contribution < 1.29 is 9.59 Å². The summed E-state index contributed by atoms with van der Waals surface area (Å²) < 4.78 is 0. The lowest BCUT2D eigenvalue weighted by molar-refractivity contribution is -0.138. The third kappa shape index (κ3) is 5.50. The number of benzene rings is 1. The van der Waals surface area contributed by atoms with Gasteiger partial charge in [-0.2, -0.15) is 0 Å². The van der Waals surface area contributed by atoms with Crippen LogP contribution in [-0.4, -0.2) is 52.8 Å². The Morgan fingerprint density at radius 2 is 1.90 bits per heavy atom. The van der Waals surface area contributed by atoms with Crippen LogP contribution in [0.15, 0.2) is 34.5 Å². The second kappa shape index (κ2) is 10.2. The van der Waals surface area contributed by atoms with Gasteiger partial charge in [-0.3, -0.25) is 9.59 Å². The number of thiazole rings is 1. The van der Waals surface area contributed by atoms with Crippen molar-refractivity contribution in [2.24, 2.45) is 11.8 Å². The van der Waals surface area contributed by atoms with Crippen LogP contribution < -0.4 is 0 Å². The highest BCUT2D eigenvalue weighted by atomic mass is 32.2. The number of piperidine rings is 2. The predicted molar refractivity (Wildman–Crippen MR) is 126 cm³/mol. The minimum atomic E-state index is 0.0619. The molecule has 2 aliphatic heterocycles. The van der Waals surface area contributed by atoms with Crippen LogP contribution in [0.1, 0.15) is 53.7 Å². The number of amides is 2. The van der Waals surface area contributed by atoms with Crippen LogP contribution in [0.3, 0.4) is 0 Å². The van der Waals surface area contributed by atoms with Crippen molar-refractivity contribution in [2.75, 3.05) is 26.2 Å². The Bertz CT molecular complexity index is 921. The summed E-state index contributed by atoms with van der Waals surface area (Å²) in [5.41, 5.74) is 1.81. The molecular formula is C24H31N3O2S2. The van der Waals surface area contributed by atoms with Crippen molar-refractivity contribution in [2.45, 2.75) is 50.2 Å². The van der Waals surface area contributed by atoms with Gasteiger partial charge in [-0.25, -0.2) is 4.98 Å². The summed E-state index contributed by atoms with van der Waals surface area (Å²) in [5, 5.41) is 3.15. The number of rotatable bonds is 5. The van der Waals surface area contributed by atoms with E-state index in [4.69, 9.17) is 0 Å². The monoisotopic (exact) mass is 457 g/mol. The van der Waals surface area contributed by atoms with Crippen molar-refractivity contribution in [3.05, 3.63) is 45.9 Å². The molecule has 2 aromatic rings. The van der Waals surface area contributed by atoms with Gasteiger partial charge in [0.05, 0.1) is 16.3 Å². The van der Waals surface area contributed by atoms with Gasteiger partial charge in [-0.05, 0) is 50.7 Å². The zero-order valence-corrected chi connectivity index (χ0v) is 20.0. The number of carbonyl (C=O) groups excluding carboxylic acids is 2. The normalized spacial score (nSPS) is 20.1. The molecule has 3 heterocycles. The van der Waals surface area contributed by atoms with E-state index < -0.39 is 0 Å². The molecule has 1 aromatic carbocycles. The first-order valence-electron chi connectivity index (χ1n) is 11.2. The summed E-state index contributed by atoms with van der Waals surface area (Å²) in [6, 6.07) is 7.85. The van der Waals surface area contributed by atoms with Gasteiger partial charge in [0.15, 0.2) is 0 Å². The van der Waals surface area contributed by atoms with Gasteiger partial charge in [-0.1, -0.05) is 19.1 Å². The molecule has 166 valence electrons. The highest BCUT2D eigenvalue weighted by molar-refractivity contribution is 7.98. The summed E-state index contributed by atoms with van der Waals surface area (Å²) in [4.78, 5) is 35.7. The predicted octanol–water partition coefficient (Wildman–Crippen LogP) is 4.85. The highest BCUT2D eigenvalue weighted by Crippen LogP contribution is 2.29. The zero-order chi connectivity index (χ0) is 21.8. The minimum Gasteiger partial charge on any atom is -0.342 e. The summed E-state index contributed by atoms with van der Waals surface area (Å²) >= 11 is 3.32. The Balaban J connectivity index is 1.35. The van der Waals surface area contributed by atoms with E-state index in [0.29, 0.717) is 24.9 Å². The molecule has 31 heavy (non-hydrogen) atoms. The molecule has 1 aromatic heterocycles. The molecule has 2 fully saturated rings. The lowest BCUT2D eigenvalue weighted by Crippen LogP contribution is -2.47. The number of aromatic nitrogens is 1. The van der Waals surface area contributed by atoms with Gasteiger partial charge in [0.25, 0.3) is 5.91 Å². The van der Waals surface area contributed by atoms with Crippen LogP contribution in [0.25, 0.3) is 0 Å². The summed E-state index contributed by atoms with van der Waals surface area (Å²) in [6.07, 6.45) is 3.86. The number of nitrogens with zero attached hydrogens (tertiary/aromatic N) is 3. The van der Waals surface area contributed by atoms with Crippen LogP contribution in [-0.2, 0) is 10.5 Å². The van der Waals surface area contributed by atoms with E-state index in [1.165, 1.54) is 6.42 Å². The molecule has 1 unspecified atom stereocenters. The lowest BCUT2D eigenvalue weighted by atomic mass is 9.92. The number of hydrogen-bond acceptors (Lipinski definition) is 5. The zero-order valence-electron chi connectivity index (χ0n) is 18.4. The number of aryl methyl sites for hydroxylation is 1. The molecule has 2 aliphatic rings. The van der Waals surface area contributed by atoms with Crippen molar-refractivity contribution in [1.29, 1.82) is 0 Å². The fraction of sp³-hybridized carbons (Fsp3) is 0.542. The fourth-order valence-electron chi connectivity index (χ4n) is 4.54. The van der Waals surface area contributed by atoms with Crippen LogP contribution >= 0.6 is 23.1 Å². The molecule has 1 atom stereocenters. The maximum absolute atomic E-state index is 13.3. The molecule has 0 aliphatic carbocycles. The average Bonchev–Trinajstić information content (AvgIpc) is 3.22. The Kier molecular flexibility index (Phi) is 7.33. The lowest BCUT2D eigenvalue weighted by Gasteiger charge is -2.37. The summed E-state index contributed by atoms with van der Waals surface area (Å²) in [7, 11) is 0. The van der Waals surface area contributed by atoms with E-state index in [9.17, 15) is 9.59 Å². The van der Waals surface area contributed by atoms with E-state index in [-0.39, 0.29) is 11.8 Å². The average molecular weight is 458 g/mol. The van der Waals surface area contributed by atoms with Gasteiger partial charge in [0.2, 0.25) is 5.91 Å². The maximum Gasteiger partial charge on any atom is 0.254 e. The molecule has 0 saturated carbocycles. The van der Waals surface area contributed by atoms with Gasteiger partial charge in [0, 0.05) is 48.1 Å². The van der Waals surface area contributed by atoms with Crippen LogP contribution in [0.5, 0.6) is 0 Å². The van der Waals surface area contributed by atoms with Crippen molar-refractivity contribution >= 4 is 34.9 Å². The number of likely N-dealkylation sites (tertiary alicyclic amines) is 2. The Morgan fingerprint density at radius 1 is 1.13 bits per heavy atom. The van der Waals surface area contributed by atoms with Crippen LogP contribution in [0.2, 0.25) is 0 Å². The van der Waals surface area contributed by atoms with E-state index in [1.54, 1.807) is 23.1 Å². The molecule has 0 bridgehead atoms. The Labute approximate surface area is 193 Å². The van der Waals surface area contributed by atoms with E-state index in [2.05, 4.69) is 22.2 Å². The van der Waals surface area contributed by atoms with Gasteiger partial charge in [0.1, 0.15) is 0 Å². The number of carbonyl (C=O) groups is 2. The molecule has 2 amide bonds. The van der Waals surface area contributed by atoms with E-state index in [0.717, 1.165) is 59.3 Å². The smallest absolute Gasteiger partial charge is 0.254 e. The molecule has 0 N–H and O–H groups in total. The second-order valence-corrected chi connectivity index (χ2v) is 10.8. The van der Waals surface area contributed by atoms with E-state index in [1.807, 2.05) is 36.1 Å². The van der Waals surface area contributed by atoms with E-state index >= 15 is 0 Å². The molecule has 7 heteroatoms. The minimum absolute atomic E-state index is 0.0619. The first-order chi connectivity index (χ1) is 15.0. The standard InChI is InChI=1S/C24H31N3O2S2/c1-17-6-5-11-27(14-17)23(28)19-9-12-26(13-10-19)24(29)21-7-3-4-8-22(21)31-16-20-15-30-18(2)25-20/h3-4,7-8,15,17,19H,5-6,9-14,16H2,1-2H3. The molecule has 5 nitrogen and oxygen atoms in total. The molecule has 0 spiro atoms. The molecule has 0 radical (unpaired) electrons. The Hall–Kier alpha value is -1.86. The maximum atomic E-state index is 13.3. The third-order valence-corrected chi connectivity index (χ3v) is 8.19. The number of thioether (sulfide) groups is 1.